The molecule has 0 aliphatic rings. The fourth-order valence-corrected chi connectivity index (χ4v) is 4.50. The van der Waals surface area contributed by atoms with E-state index in [1.807, 2.05) is 42.5 Å². The molecular formula is C32H30ClFN2O4. The first kappa shape index (κ1) is 28.6. The highest BCUT2D eigenvalue weighted by Crippen LogP contribution is 2.29. The summed E-state index contributed by atoms with van der Waals surface area (Å²) in [5.41, 5.74) is 2.90. The van der Waals surface area contributed by atoms with Crippen molar-refractivity contribution in [2.45, 2.75) is 25.6 Å². The number of benzene rings is 4. The monoisotopic (exact) mass is 560 g/mol. The van der Waals surface area contributed by atoms with Gasteiger partial charge in [-0.1, -0.05) is 72.3 Å². The Morgan fingerprint density at radius 2 is 1.45 bits per heavy atom. The van der Waals surface area contributed by atoms with Crippen LogP contribution in [0.2, 0.25) is 5.02 Å². The molecule has 0 bridgehead atoms. The zero-order valence-electron chi connectivity index (χ0n) is 22.3. The minimum atomic E-state index is -0.939. The number of carbonyl (C=O) groups excluding carboxylic acids is 2. The van der Waals surface area contributed by atoms with E-state index >= 15 is 0 Å². The Hall–Kier alpha value is -4.36. The molecule has 0 heterocycles. The van der Waals surface area contributed by atoms with Crippen LogP contribution < -0.4 is 14.8 Å². The van der Waals surface area contributed by atoms with Gasteiger partial charge in [0.25, 0.3) is 0 Å². The number of rotatable bonds is 11. The topological polar surface area (TPSA) is 67.9 Å². The first-order valence-corrected chi connectivity index (χ1v) is 13.1. The maximum Gasteiger partial charge on any atom is 0.247 e. The first-order chi connectivity index (χ1) is 19.4. The number of ether oxygens (including phenoxy) is 2. The van der Waals surface area contributed by atoms with E-state index in [0.717, 1.165) is 5.56 Å². The highest BCUT2D eigenvalue weighted by atomic mass is 35.5. The lowest BCUT2D eigenvalue weighted by Crippen LogP contribution is -2.43. The summed E-state index contributed by atoms with van der Waals surface area (Å²) in [4.78, 5) is 29.3. The third kappa shape index (κ3) is 7.39. The quantitative estimate of drug-likeness (QED) is 0.240. The molecule has 2 amide bonds. The maximum absolute atomic E-state index is 14.0. The summed E-state index contributed by atoms with van der Waals surface area (Å²) in [5, 5.41) is 3.57. The molecule has 4 rings (SSSR count). The van der Waals surface area contributed by atoms with Gasteiger partial charge in [0.15, 0.2) is 11.5 Å². The van der Waals surface area contributed by atoms with Crippen molar-refractivity contribution in [1.29, 1.82) is 0 Å². The number of carbonyl (C=O) groups is 2. The first-order valence-electron chi connectivity index (χ1n) is 12.7. The maximum atomic E-state index is 14.0. The molecule has 0 unspecified atom stereocenters. The molecule has 0 radical (unpaired) electrons. The van der Waals surface area contributed by atoms with Crippen LogP contribution in [0, 0.1) is 5.82 Å². The highest BCUT2D eigenvalue weighted by Gasteiger charge is 2.31. The Balaban J connectivity index is 1.68. The summed E-state index contributed by atoms with van der Waals surface area (Å²) < 4.78 is 24.4. The zero-order valence-corrected chi connectivity index (χ0v) is 23.0. The van der Waals surface area contributed by atoms with Crippen LogP contribution in [0.15, 0.2) is 97.1 Å². The molecule has 206 valence electrons. The molecule has 0 aliphatic heterocycles. The molecule has 1 N–H and O–H groups in total. The van der Waals surface area contributed by atoms with Gasteiger partial charge in [0.1, 0.15) is 11.9 Å². The molecule has 6 nitrogen and oxygen atoms in total. The number of nitrogens with zero attached hydrogens (tertiary/aromatic N) is 1. The van der Waals surface area contributed by atoms with E-state index in [-0.39, 0.29) is 37.1 Å². The lowest BCUT2D eigenvalue weighted by molar-refractivity contribution is -0.141. The van der Waals surface area contributed by atoms with E-state index in [0.29, 0.717) is 33.2 Å². The van der Waals surface area contributed by atoms with Gasteiger partial charge in [-0.25, -0.2) is 4.39 Å². The lowest BCUT2D eigenvalue weighted by Gasteiger charge is -2.32. The second kappa shape index (κ2) is 13.6. The predicted octanol–water partition coefficient (Wildman–Crippen LogP) is 6.13. The average molecular weight is 561 g/mol. The van der Waals surface area contributed by atoms with Gasteiger partial charge in [-0.05, 0) is 58.7 Å². The third-order valence-corrected chi connectivity index (χ3v) is 6.70. The molecule has 0 spiro atoms. The van der Waals surface area contributed by atoms with Crippen LogP contribution in [0.1, 0.15) is 28.3 Å². The Morgan fingerprint density at radius 3 is 2.10 bits per heavy atom. The van der Waals surface area contributed by atoms with Gasteiger partial charge in [-0.15, -0.1) is 0 Å². The second-order valence-corrected chi connectivity index (χ2v) is 9.61. The molecule has 0 fully saturated rings. The third-order valence-electron chi connectivity index (χ3n) is 6.45. The van der Waals surface area contributed by atoms with Crippen molar-refractivity contribution in [3.8, 4) is 11.5 Å². The smallest absolute Gasteiger partial charge is 0.247 e. The molecule has 40 heavy (non-hydrogen) atoms. The summed E-state index contributed by atoms with van der Waals surface area (Å²) in [6.45, 7) is 0.355. The van der Waals surface area contributed by atoms with Crippen LogP contribution in [0.4, 0.5) is 4.39 Å². The summed E-state index contributed by atoms with van der Waals surface area (Å²) >= 11 is 6.00. The number of amides is 2. The van der Waals surface area contributed by atoms with Crippen molar-refractivity contribution in [2.75, 3.05) is 14.2 Å². The van der Waals surface area contributed by atoms with Crippen LogP contribution in [0.25, 0.3) is 0 Å². The normalized spacial score (nSPS) is 11.4. The van der Waals surface area contributed by atoms with E-state index in [2.05, 4.69) is 5.32 Å². The Bertz CT molecular complexity index is 1430. The second-order valence-electron chi connectivity index (χ2n) is 9.17. The van der Waals surface area contributed by atoms with Gasteiger partial charge >= 0.3 is 0 Å². The molecular weight excluding hydrogens is 531 g/mol. The fraction of sp³-hybridized carbons (Fsp3) is 0.188. The van der Waals surface area contributed by atoms with Gasteiger partial charge in [0, 0.05) is 18.1 Å². The number of hydrogen-bond donors (Lipinski definition) is 1. The lowest BCUT2D eigenvalue weighted by atomic mass is 10.0. The van der Waals surface area contributed by atoms with Gasteiger partial charge in [-0.3, -0.25) is 9.59 Å². The van der Waals surface area contributed by atoms with Gasteiger partial charge < -0.3 is 19.7 Å². The SMILES string of the molecule is COc1ccc(CC(=O)N(Cc2ccc(F)cc2)[C@@H](C(=O)NCc2ccc(Cl)cc2)c2ccccc2)cc1OC. The Kier molecular flexibility index (Phi) is 9.76. The zero-order chi connectivity index (χ0) is 28.5. The highest BCUT2D eigenvalue weighted by molar-refractivity contribution is 6.30. The van der Waals surface area contributed by atoms with Gasteiger partial charge in [0.2, 0.25) is 11.8 Å². The van der Waals surface area contributed by atoms with Crippen molar-refractivity contribution in [3.05, 3.63) is 130 Å². The minimum absolute atomic E-state index is 0.00927. The van der Waals surface area contributed by atoms with Crippen LogP contribution in [-0.4, -0.2) is 30.9 Å². The van der Waals surface area contributed by atoms with Crippen molar-refractivity contribution in [3.63, 3.8) is 0 Å². The average Bonchev–Trinajstić information content (AvgIpc) is 2.98. The Labute approximate surface area is 238 Å². The molecule has 4 aromatic carbocycles. The van der Waals surface area contributed by atoms with E-state index in [4.69, 9.17) is 21.1 Å². The largest absolute Gasteiger partial charge is 0.493 e. The van der Waals surface area contributed by atoms with Crippen molar-refractivity contribution < 1.29 is 23.5 Å². The number of hydrogen-bond acceptors (Lipinski definition) is 4. The molecule has 8 heteroatoms. The van der Waals surface area contributed by atoms with E-state index in [1.165, 1.54) is 24.1 Å². The predicted molar refractivity (Wildman–Crippen MR) is 153 cm³/mol. The van der Waals surface area contributed by atoms with E-state index < -0.39 is 6.04 Å². The summed E-state index contributed by atoms with van der Waals surface area (Å²) in [7, 11) is 3.07. The molecule has 0 aliphatic carbocycles. The number of halogens is 2. The number of nitrogens with one attached hydrogen (secondary N) is 1. The van der Waals surface area contributed by atoms with Crippen LogP contribution in [-0.2, 0) is 29.1 Å². The number of methoxy groups -OCH3 is 2. The van der Waals surface area contributed by atoms with Crippen molar-refractivity contribution >= 4 is 23.4 Å². The summed E-state index contributed by atoms with van der Waals surface area (Å²) in [5.74, 6) is 0.0343. The van der Waals surface area contributed by atoms with Crippen LogP contribution in [0.3, 0.4) is 0 Å². The summed E-state index contributed by atoms with van der Waals surface area (Å²) in [6, 6.07) is 26.5. The molecule has 1 atom stereocenters. The van der Waals surface area contributed by atoms with E-state index in [1.54, 1.807) is 49.6 Å². The molecule has 0 saturated carbocycles. The Morgan fingerprint density at radius 1 is 0.825 bits per heavy atom. The van der Waals surface area contributed by atoms with Crippen molar-refractivity contribution in [2.24, 2.45) is 0 Å². The molecule has 0 saturated heterocycles. The van der Waals surface area contributed by atoms with Crippen LogP contribution >= 0.6 is 11.6 Å². The standard InChI is InChI=1S/C32H30ClFN2O4/c1-39-28-17-12-24(18-29(28)40-2)19-30(37)36(21-23-10-15-27(34)16-11-23)31(25-6-4-3-5-7-25)32(38)35-20-22-8-13-26(33)14-9-22/h3-18,31H,19-21H2,1-2H3,(H,35,38)/t31-/m1/s1. The fourth-order valence-electron chi connectivity index (χ4n) is 4.37. The van der Waals surface area contributed by atoms with Gasteiger partial charge in [0.05, 0.1) is 20.6 Å². The van der Waals surface area contributed by atoms with Crippen molar-refractivity contribution in [1.82, 2.24) is 10.2 Å². The summed E-state index contributed by atoms with van der Waals surface area (Å²) in [6.07, 6.45) is 0.00927. The molecule has 0 aromatic heterocycles. The minimum Gasteiger partial charge on any atom is -0.493 e. The molecule has 4 aromatic rings. The van der Waals surface area contributed by atoms with Gasteiger partial charge in [-0.2, -0.15) is 0 Å². The van der Waals surface area contributed by atoms with E-state index in [9.17, 15) is 14.0 Å². The van der Waals surface area contributed by atoms with Crippen LogP contribution in [0.5, 0.6) is 11.5 Å².